The van der Waals surface area contributed by atoms with Gasteiger partial charge < -0.3 is 9.15 Å². The second kappa shape index (κ2) is 7.54. The van der Waals surface area contributed by atoms with E-state index in [4.69, 9.17) is 9.15 Å². The third kappa shape index (κ3) is 4.07. The molecule has 0 aliphatic carbocycles. The van der Waals surface area contributed by atoms with E-state index in [1.165, 1.54) is 0 Å². The Morgan fingerprint density at radius 1 is 1.21 bits per heavy atom. The third-order valence-corrected chi connectivity index (χ3v) is 3.72. The smallest absolute Gasteiger partial charge is 0.433 e. The van der Waals surface area contributed by atoms with Crippen LogP contribution in [0.25, 0.3) is 0 Å². The zero-order valence-electron chi connectivity index (χ0n) is 13.4. The first-order valence-corrected chi connectivity index (χ1v) is 7.47. The fourth-order valence-electron chi connectivity index (χ4n) is 2.05. The molecule has 1 heterocycles. The standard InChI is InChI=1S/C17H17NO6/c1-3-11(2)12-4-6-13(7-5-12)14(19)10-23-17(20)15-8-9-16(24-15)18(21)22/h4-9,11H,3,10H2,1-2H3/t11-/m1/s1. The summed E-state index contributed by atoms with van der Waals surface area (Å²) in [7, 11) is 0. The van der Waals surface area contributed by atoms with E-state index in [2.05, 4.69) is 13.8 Å². The van der Waals surface area contributed by atoms with Crippen LogP contribution in [0, 0.1) is 10.1 Å². The van der Waals surface area contributed by atoms with E-state index in [0.717, 1.165) is 24.1 Å². The molecule has 7 heteroatoms. The van der Waals surface area contributed by atoms with Gasteiger partial charge >= 0.3 is 11.9 Å². The second-order valence-electron chi connectivity index (χ2n) is 5.33. The van der Waals surface area contributed by atoms with E-state index in [-0.39, 0.29) is 11.5 Å². The van der Waals surface area contributed by atoms with E-state index in [1.807, 2.05) is 12.1 Å². The van der Waals surface area contributed by atoms with Crippen LogP contribution < -0.4 is 0 Å². The van der Waals surface area contributed by atoms with Crippen molar-refractivity contribution in [1.82, 2.24) is 0 Å². The zero-order chi connectivity index (χ0) is 17.7. The molecule has 0 amide bonds. The fraction of sp³-hybridized carbons (Fsp3) is 0.294. The van der Waals surface area contributed by atoms with Crippen molar-refractivity contribution in [2.45, 2.75) is 26.2 Å². The van der Waals surface area contributed by atoms with E-state index in [1.54, 1.807) is 12.1 Å². The van der Waals surface area contributed by atoms with Crippen molar-refractivity contribution >= 4 is 17.6 Å². The van der Waals surface area contributed by atoms with E-state index < -0.39 is 23.4 Å². The summed E-state index contributed by atoms with van der Waals surface area (Å²) in [5, 5.41) is 10.5. The summed E-state index contributed by atoms with van der Waals surface area (Å²) in [4.78, 5) is 33.5. The number of rotatable bonds is 7. The number of benzene rings is 1. The Bertz CT molecular complexity index is 747. The maximum atomic E-state index is 12.0. The number of carbonyl (C=O) groups excluding carboxylic acids is 2. The lowest BCUT2D eigenvalue weighted by Gasteiger charge is -2.09. The summed E-state index contributed by atoms with van der Waals surface area (Å²) in [6.45, 7) is 3.72. The number of Topliss-reactive ketones (excluding diaryl/α,β-unsaturated/α-hetero) is 1. The lowest BCUT2D eigenvalue weighted by molar-refractivity contribution is -0.402. The lowest BCUT2D eigenvalue weighted by atomic mass is 9.97. The largest absolute Gasteiger partial charge is 0.451 e. The minimum absolute atomic E-state index is 0.318. The van der Waals surface area contributed by atoms with Crippen LogP contribution in [0.3, 0.4) is 0 Å². The van der Waals surface area contributed by atoms with Gasteiger partial charge in [-0.15, -0.1) is 0 Å². The van der Waals surface area contributed by atoms with Crippen LogP contribution in [0.5, 0.6) is 0 Å². The molecule has 1 atom stereocenters. The van der Waals surface area contributed by atoms with E-state index in [9.17, 15) is 19.7 Å². The van der Waals surface area contributed by atoms with Gasteiger partial charge in [0.2, 0.25) is 5.76 Å². The van der Waals surface area contributed by atoms with Crippen LogP contribution in [0.1, 0.15) is 52.7 Å². The van der Waals surface area contributed by atoms with Gasteiger partial charge in [-0.25, -0.2) is 4.79 Å². The maximum absolute atomic E-state index is 12.0. The number of nitrogens with zero attached hydrogens (tertiary/aromatic N) is 1. The quantitative estimate of drug-likeness (QED) is 0.331. The summed E-state index contributed by atoms with van der Waals surface area (Å²) in [6, 6.07) is 9.31. The number of nitro groups is 1. The second-order valence-corrected chi connectivity index (χ2v) is 5.33. The SMILES string of the molecule is CC[C@@H](C)c1ccc(C(=O)COC(=O)c2ccc([N+](=O)[O-])o2)cc1. The van der Waals surface area contributed by atoms with Crippen LogP contribution in [0.4, 0.5) is 5.88 Å². The topological polar surface area (TPSA) is 99.7 Å². The molecule has 0 aliphatic rings. The van der Waals surface area contributed by atoms with Crippen molar-refractivity contribution in [3.05, 3.63) is 63.4 Å². The number of ketones is 1. The summed E-state index contributed by atoms with van der Waals surface area (Å²) >= 11 is 0. The molecule has 0 unspecified atom stereocenters. The molecule has 0 aliphatic heterocycles. The number of carbonyl (C=O) groups is 2. The molecule has 24 heavy (non-hydrogen) atoms. The van der Waals surface area contributed by atoms with Gasteiger partial charge in [-0.3, -0.25) is 14.9 Å². The molecule has 0 saturated carbocycles. The van der Waals surface area contributed by atoms with Gasteiger partial charge in [-0.1, -0.05) is 38.1 Å². The summed E-state index contributed by atoms with van der Waals surface area (Å²) in [5.41, 5.74) is 1.56. The van der Waals surface area contributed by atoms with Crippen molar-refractivity contribution in [1.29, 1.82) is 0 Å². The first kappa shape index (κ1) is 17.4. The van der Waals surface area contributed by atoms with Crippen LogP contribution in [-0.4, -0.2) is 23.3 Å². The van der Waals surface area contributed by atoms with Crippen molar-refractivity contribution in [3.63, 3.8) is 0 Å². The number of hydrogen-bond donors (Lipinski definition) is 0. The van der Waals surface area contributed by atoms with Gasteiger partial charge in [-0.05, 0) is 24.0 Å². The Labute approximate surface area is 138 Å². The van der Waals surface area contributed by atoms with Gasteiger partial charge in [-0.2, -0.15) is 0 Å². The molecule has 1 aromatic heterocycles. The van der Waals surface area contributed by atoms with E-state index >= 15 is 0 Å². The molecule has 1 aromatic carbocycles. The van der Waals surface area contributed by atoms with E-state index in [0.29, 0.717) is 11.5 Å². The average molecular weight is 331 g/mol. The van der Waals surface area contributed by atoms with Crippen molar-refractivity contribution in [3.8, 4) is 0 Å². The van der Waals surface area contributed by atoms with Crippen LogP contribution >= 0.6 is 0 Å². The molecule has 2 aromatic rings. The van der Waals surface area contributed by atoms with Gasteiger partial charge in [0, 0.05) is 5.56 Å². The molecule has 0 fully saturated rings. The molecule has 0 radical (unpaired) electrons. The zero-order valence-corrected chi connectivity index (χ0v) is 13.4. The molecule has 0 N–H and O–H groups in total. The average Bonchev–Trinajstić information content (AvgIpc) is 3.09. The highest BCUT2D eigenvalue weighted by Gasteiger charge is 2.19. The van der Waals surface area contributed by atoms with Gasteiger partial charge in [0.25, 0.3) is 0 Å². The Balaban J connectivity index is 1.94. The minimum atomic E-state index is -0.923. The predicted molar refractivity (Wildman–Crippen MR) is 85.1 cm³/mol. The number of furan rings is 1. The molecule has 7 nitrogen and oxygen atoms in total. The predicted octanol–water partition coefficient (Wildman–Crippen LogP) is 3.74. The van der Waals surface area contributed by atoms with Crippen molar-refractivity contribution < 1.29 is 23.7 Å². The highest BCUT2D eigenvalue weighted by molar-refractivity contribution is 5.99. The number of ether oxygens (including phenoxy) is 1. The Morgan fingerprint density at radius 3 is 2.42 bits per heavy atom. The number of esters is 1. The summed E-state index contributed by atoms with van der Waals surface area (Å²) in [5.74, 6) is -1.76. The fourth-order valence-corrected chi connectivity index (χ4v) is 2.05. The molecule has 0 bridgehead atoms. The molecule has 0 saturated heterocycles. The Morgan fingerprint density at radius 2 is 1.88 bits per heavy atom. The third-order valence-electron chi connectivity index (χ3n) is 3.72. The number of hydrogen-bond acceptors (Lipinski definition) is 6. The Kier molecular flexibility index (Phi) is 5.47. The summed E-state index contributed by atoms with van der Waals surface area (Å²) < 4.78 is 9.55. The molecule has 126 valence electrons. The van der Waals surface area contributed by atoms with Crippen molar-refractivity contribution in [2.75, 3.05) is 6.61 Å². The van der Waals surface area contributed by atoms with Crippen LogP contribution in [0.2, 0.25) is 0 Å². The molecular formula is C17H17NO6. The first-order chi connectivity index (χ1) is 11.4. The maximum Gasteiger partial charge on any atom is 0.433 e. The van der Waals surface area contributed by atoms with Crippen molar-refractivity contribution in [2.24, 2.45) is 0 Å². The monoisotopic (exact) mass is 331 g/mol. The van der Waals surface area contributed by atoms with Gasteiger partial charge in [0.05, 0.1) is 6.07 Å². The minimum Gasteiger partial charge on any atom is -0.451 e. The molecule has 0 spiro atoms. The molecule has 2 rings (SSSR count). The highest BCUT2D eigenvalue weighted by atomic mass is 16.7. The van der Waals surface area contributed by atoms with Crippen LogP contribution in [-0.2, 0) is 4.74 Å². The molecular weight excluding hydrogens is 314 g/mol. The Hall–Kier alpha value is -2.96. The first-order valence-electron chi connectivity index (χ1n) is 7.47. The van der Waals surface area contributed by atoms with Gasteiger partial charge in [0.1, 0.15) is 4.92 Å². The summed E-state index contributed by atoms with van der Waals surface area (Å²) in [6.07, 6.45) is 1.00. The highest BCUT2D eigenvalue weighted by Crippen LogP contribution is 2.19. The normalized spacial score (nSPS) is 11.8. The van der Waals surface area contributed by atoms with Gasteiger partial charge in [0.15, 0.2) is 12.4 Å². The van der Waals surface area contributed by atoms with Crippen LogP contribution in [0.15, 0.2) is 40.8 Å². The lowest BCUT2D eigenvalue weighted by Crippen LogP contribution is -2.14.